The molecule has 0 aromatic carbocycles. The van der Waals surface area contributed by atoms with Gasteiger partial charge >= 0.3 is 0 Å². The van der Waals surface area contributed by atoms with Crippen molar-refractivity contribution in [3.8, 4) is 0 Å². The van der Waals surface area contributed by atoms with Gasteiger partial charge in [-0.15, -0.1) is 0 Å². The molecule has 2 N–H and O–H groups in total. The Morgan fingerprint density at radius 2 is 1.85 bits per heavy atom. The average Bonchev–Trinajstić information content (AvgIpc) is 2.93. The number of hydrogen-bond donors (Lipinski definition) is 2. The van der Waals surface area contributed by atoms with Crippen molar-refractivity contribution in [2.24, 2.45) is 4.99 Å². The quantitative estimate of drug-likeness (QED) is 0.291. The van der Waals surface area contributed by atoms with E-state index in [0.29, 0.717) is 30.5 Å². The van der Waals surface area contributed by atoms with E-state index in [1.54, 1.807) is 0 Å². The van der Waals surface area contributed by atoms with Gasteiger partial charge in [0.1, 0.15) is 0 Å². The zero-order valence-corrected chi connectivity index (χ0v) is 17.6. The number of aliphatic imine (C=N–C) groups is 1. The van der Waals surface area contributed by atoms with Crippen molar-refractivity contribution in [1.82, 2.24) is 10.6 Å². The molecule has 2 aliphatic carbocycles. The average molecular weight is 386 g/mol. The molecule has 2 fully saturated rings. The minimum absolute atomic E-state index is 0.340. The summed E-state index contributed by atoms with van der Waals surface area (Å²) in [6.45, 7) is 6.37. The first kappa shape index (κ1) is 21.7. The summed E-state index contributed by atoms with van der Waals surface area (Å²) in [4.78, 5) is 4.70. The highest BCUT2D eigenvalue weighted by molar-refractivity contribution is 7.85. The molecule has 6 heteroatoms. The maximum Gasteiger partial charge on any atom is 0.191 e. The summed E-state index contributed by atoms with van der Waals surface area (Å²) in [5.41, 5.74) is 0. The molecule has 0 radical (unpaired) electrons. The van der Waals surface area contributed by atoms with Crippen LogP contribution in [0.3, 0.4) is 0 Å². The topological polar surface area (TPSA) is 62.7 Å². The molecule has 3 unspecified atom stereocenters. The molecular formula is C20H39N3O2S. The van der Waals surface area contributed by atoms with Gasteiger partial charge in [-0.3, -0.25) is 9.20 Å². The Balaban J connectivity index is 1.75. The minimum Gasteiger partial charge on any atom is -0.376 e. The first-order valence-electron chi connectivity index (χ1n) is 10.8. The predicted molar refractivity (Wildman–Crippen MR) is 111 cm³/mol. The first-order chi connectivity index (χ1) is 12.7. The molecule has 2 aliphatic rings. The Hall–Kier alpha value is -0.620. The lowest BCUT2D eigenvalue weighted by molar-refractivity contribution is 0.0487. The van der Waals surface area contributed by atoms with E-state index in [9.17, 15) is 4.21 Å². The number of guanidine groups is 1. The van der Waals surface area contributed by atoms with Crippen LogP contribution < -0.4 is 10.6 Å². The summed E-state index contributed by atoms with van der Waals surface area (Å²) in [5.74, 6) is 1.65. The molecule has 0 aromatic heterocycles. The van der Waals surface area contributed by atoms with Crippen molar-refractivity contribution in [2.75, 3.05) is 25.4 Å². The molecule has 0 heterocycles. The molecule has 0 saturated heterocycles. The van der Waals surface area contributed by atoms with Crippen LogP contribution in [0.1, 0.15) is 78.1 Å². The van der Waals surface area contributed by atoms with Crippen LogP contribution >= 0.6 is 0 Å². The maximum absolute atomic E-state index is 12.1. The van der Waals surface area contributed by atoms with Crippen LogP contribution in [0.5, 0.6) is 0 Å². The van der Waals surface area contributed by atoms with E-state index in [4.69, 9.17) is 9.73 Å². The maximum atomic E-state index is 12.1. The Kier molecular flexibility index (Phi) is 10.6. The molecule has 5 nitrogen and oxygen atoms in total. The predicted octanol–water partition coefficient (Wildman–Crippen LogP) is 3.36. The van der Waals surface area contributed by atoms with Crippen molar-refractivity contribution in [3.63, 3.8) is 0 Å². The largest absolute Gasteiger partial charge is 0.376 e. The summed E-state index contributed by atoms with van der Waals surface area (Å²) in [7, 11) is -0.684. The molecule has 0 spiro atoms. The van der Waals surface area contributed by atoms with E-state index in [2.05, 4.69) is 17.6 Å². The zero-order valence-electron chi connectivity index (χ0n) is 16.8. The van der Waals surface area contributed by atoms with Gasteiger partial charge in [0.25, 0.3) is 0 Å². The van der Waals surface area contributed by atoms with Crippen molar-refractivity contribution in [3.05, 3.63) is 0 Å². The normalized spacial score (nSPS) is 26.9. The molecule has 0 aromatic rings. The molecule has 0 bridgehead atoms. The van der Waals surface area contributed by atoms with E-state index >= 15 is 0 Å². The van der Waals surface area contributed by atoms with Gasteiger partial charge in [-0.05, 0) is 39.0 Å². The van der Waals surface area contributed by atoms with Crippen LogP contribution in [0.15, 0.2) is 4.99 Å². The van der Waals surface area contributed by atoms with Crippen molar-refractivity contribution in [2.45, 2.75) is 95.5 Å². The van der Waals surface area contributed by atoms with Crippen LogP contribution in [0.2, 0.25) is 0 Å². The van der Waals surface area contributed by atoms with Gasteiger partial charge in [0, 0.05) is 34.4 Å². The lowest BCUT2D eigenvalue weighted by Crippen LogP contribution is -2.46. The van der Waals surface area contributed by atoms with E-state index in [1.807, 2.05) is 6.92 Å². The van der Waals surface area contributed by atoms with Crippen LogP contribution in [0, 0.1) is 0 Å². The number of ether oxygens (including phenoxy) is 1. The molecule has 0 aliphatic heterocycles. The molecule has 2 rings (SSSR count). The number of nitrogens with one attached hydrogen (secondary N) is 2. The monoisotopic (exact) mass is 385 g/mol. The molecule has 0 amide bonds. The highest BCUT2D eigenvalue weighted by atomic mass is 32.2. The van der Waals surface area contributed by atoms with E-state index in [1.165, 1.54) is 38.5 Å². The van der Waals surface area contributed by atoms with E-state index < -0.39 is 10.8 Å². The Morgan fingerprint density at radius 1 is 1.08 bits per heavy atom. The molecule has 2 saturated carbocycles. The van der Waals surface area contributed by atoms with E-state index in [-0.39, 0.29) is 0 Å². The summed E-state index contributed by atoms with van der Waals surface area (Å²) in [5, 5.41) is 7.25. The van der Waals surface area contributed by atoms with Gasteiger partial charge in [0.05, 0.1) is 19.3 Å². The minimum atomic E-state index is -0.684. The second-order valence-corrected chi connectivity index (χ2v) is 9.55. The Morgan fingerprint density at radius 3 is 2.54 bits per heavy atom. The summed E-state index contributed by atoms with van der Waals surface area (Å²) in [6.07, 6.45) is 12.6. The molecule has 26 heavy (non-hydrogen) atoms. The highest BCUT2D eigenvalue weighted by Crippen LogP contribution is 2.23. The molecular weight excluding hydrogens is 346 g/mol. The van der Waals surface area contributed by atoms with Gasteiger partial charge in [-0.1, -0.05) is 39.0 Å². The second kappa shape index (κ2) is 12.7. The van der Waals surface area contributed by atoms with Crippen molar-refractivity contribution >= 4 is 16.8 Å². The van der Waals surface area contributed by atoms with Crippen molar-refractivity contribution < 1.29 is 8.95 Å². The smallest absolute Gasteiger partial charge is 0.191 e. The lowest BCUT2D eigenvalue weighted by Gasteiger charge is -2.30. The zero-order chi connectivity index (χ0) is 18.6. The lowest BCUT2D eigenvalue weighted by atomic mass is 9.95. The van der Waals surface area contributed by atoms with Crippen LogP contribution in [-0.2, 0) is 15.5 Å². The second-order valence-electron chi connectivity index (χ2n) is 7.54. The van der Waals surface area contributed by atoms with Crippen LogP contribution in [0.25, 0.3) is 0 Å². The van der Waals surface area contributed by atoms with Gasteiger partial charge in [-0.25, -0.2) is 0 Å². The van der Waals surface area contributed by atoms with Gasteiger partial charge in [0.2, 0.25) is 0 Å². The third kappa shape index (κ3) is 7.95. The Bertz CT molecular complexity index is 437. The fraction of sp³-hybridized carbons (Fsp3) is 0.950. The van der Waals surface area contributed by atoms with E-state index in [0.717, 1.165) is 43.9 Å². The number of rotatable bonds is 8. The van der Waals surface area contributed by atoms with Gasteiger partial charge < -0.3 is 15.4 Å². The Labute approximate surface area is 162 Å². The third-order valence-corrected chi connectivity index (χ3v) is 7.23. The summed E-state index contributed by atoms with van der Waals surface area (Å²) < 4.78 is 18.2. The summed E-state index contributed by atoms with van der Waals surface area (Å²) in [6, 6.07) is 0.379. The number of nitrogens with zero attached hydrogens (tertiary/aromatic N) is 1. The van der Waals surface area contributed by atoms with Crippen LogP contribution in [0.4, 0.5) is 0 Å². The molecule has 3 atom stereocenters. The fourth-order valence-electron chi connectivity index (χ4n) is 4.05. The van der Waals surface area contributed by atoms with Gasteiger partial charge in [-0.2, -0.15) is 0 Å². The molecule has 152 valence electrons. The van der Waals surface area contributed by atoms with Crippen LogP contribution in [-0.4, -0.2) is 53.0 Å². The number of hydrogen-bond acceptors (Lipinski definition) is 3. The fourth-order valence-corrected chi connectivity index (χ4v) is 5.40. The summed E-state index contributed by atoms with van der Waals surface area (Å²) >= 11 is 0. The highest BCUT2D eigenvalue weighted by Gasteiger charge is 2.26. The SMILES string of the molecule is CCNC(=NCCOC1CCCCCC1)NC1CCCC(S(=O)CC)C1. The first-order valence-corrected chi connectivity index (χ1v) is 12.1. The third-order valence-electron chi connectivity index (χ3n) is 5.48. The van der Waals surface area contributed by atoms with Gasteiger partial charge in [0.15, 0.2) is 5.96 Å². The van der Waals surface area contributed by atoms with Crippen molar-refractivity contribution in [1.29, 1.82) is 0 Å². The standard InChI is InChI=1S/C20H39N3O2S/c1-3-21-20(22-14-15-25-18-11-7-5-6-8-12-18)23-17-10-9-13-19(16-17)26(24)4-2/h17-19H,3-16H2,1-2H3,(H2,21,22,23).